The lowest BCUT2D eigenvalue weighted by atomic mass is 10.0. The van der Waals surface area contributed by atoms with Gasteiger partial charge in [0.1, 0.15) is 5.76 Å². The van der Waals surface area contributed by atoms with Gasteiger partial charge < -0.3 is 9.73 Å². The SMILES string of the molecule is CC(C)c1ccc(Nc2ccc(-c3occ4ccccc34)cc2)cc1. The molecular formula is C23H21NO. The van der Waals surface area contributed by atoms with Crippen LogP contribution in [0.15, 0.2) is 83.5 Å². The molecule has 1 N–H and O–H groups in total. The lowest BCUT2D eigenvalue weighted by Gasteiger charge is -2.10. The largest absolute Gasteiger partial charge is 0.463 e. The summed E-state index contributed by atoms with van der Waals surface area (Å²) in [6, 6.07) is 25.2. The fraction of sp³-hybridized carbons (Fsp3) is 0.130. The van der Waals surface area contributed by atoms with Crippen LogP contribution < -0.4 is 5.32 Å². The summed E-state index contributed by atoms with van der Waals surface area (Å²) in [5.74, 6) is 1.47. The molecule has 0 spiro atoms. The van der Waals surface area contributed by atoms with E-state index in [1.54, 1.807) is 0 Å². The van der Waals surface area contributed by atoms with Crippen molar-refractivity contribution in [2.24, 2.45) is 0 Å². The van der Waals surface area contributed by atoms with Gasteiger partial charge >= 0.3 is 0 Å². The molecule has 0 aliphatic rings. The first kappa shape index (κ1) is 15.5. The summed E-state index contributed by atoms with van der Waals surface area (Å²) in [6.07, 6.45) is 1.81. The number of benzene rings is 3. The van der Waals surface area contributed by atoms with Gasteiger partial charge in [0.2, 0.25) is 0 Å². The van der Waals surface area contributed by atoms with E-state index in [2.05, 4.69) is 79.8 Å². The molecule has 0 saturated carbocycles. The minimum Gasteiger partial charge on any atom is -0.463 e. The highest BCUT2D eigenvalue weighted by atomic mass is 16.3. The summed E-state index contributed by atoms with van der Waals surface area (Å²) in [4.78, 5) is 0. The van der Waals surface area contributed by atoms with Crippen molar-refractivity contribution >= 4 is 22.1 Å². The molecule has 1 aromatic heterocycles. The fourth-order valence-electron chi connectivity index (χ4n) is 3.04. The Kier molecular flexibility index (Phi) is 4.02. The highest BCUT2D eigenvalue weighted by molar-refractivity contribution is 5.94. The minimum absolute atomic E-state index is 0.552. The van der Waals surface area contributed by atoms with Gasteiger partial charge in [-0.15, -0.1) is 0 Å². The summed E-state index contributed by atoms with van der Waals surface area (Å²) < 4.78 is 5.77. The van der Waals surface area contributed by atoms with Gasteiger partial charge in [-0.25, -0.2) is 0 Å². The lowest BCUT2D eigenvalue weighted by molar-refractivity contribution is 0.587. The predicted octanol–water partition coefficient (Wildman–Crippen LogP) is 6.97. The van der Waals surface area contributed by atoms with Gasteiger partial charge in [0.05, 0.1) is 6.26 Å². The number of anilines is 2. The number of fused-ring (bicyclic) bond motifs is 1. The van der Waals surface area contributed by atoms with Gasteiger partial charge in [-0.1, -0.05) is 50.2 Å². The van der Waals surface area contributed by atoms with Crippen molar-refractivity contribution in [1.82, 2.24) is 0 Å². The van der Waals surface area contributed by atoms with E-state index < -0.39 is 0 Å². The van der Waals surface area contributed by atoms with Crippen LogP contribution >= 0.6 is 0 Å². The minimum atomic E-state index is 0.552. The molecule has 0 aliphatic heterocycles. The maximum Gasteiger partial charge on any atom is 0.141 e. The number of rotatable bonds is 4. The molecule has 4 aromatic rings. The van der Waals surface area contributed by atoms with E-state index in [1.807, 2.05) is 18.4 Å². The van der Waals surface area contributed by atoms with E-state index in [1.165, 1.54) is 5.56 Å². The van der Waals surface area contributed by atoms with Crippen LogP contribution in [-0.4, -0.2) is 0 Å². The van der Waals surface area contributed by atoms with E-state index in [0.717, 1.165) is 33.5 Å². The second-order valence-electron chi connectivity index (χ2n) is 6.63. The Labute approximate surface area is 148 Å². The second kappa shape index (κ2) is 6.48. The standard InChI is InChI=1S/C23H21NO/c1-16(2)17-7-11-20(12-8-17)24-21-13-9-18(10-14-21)23-22-6-4-3-5-19(22)15-25-23/h3-16,24H,1-2H3. The van der Waals surface area contributed by atoms with Gasteiger partial charge in [0.15, 0.2) is 0 Å². The molecule has 4 rings (SSSR count). The molecule has 3 aromatic carbocycles. The Morgan fingerprint density at radius 3 is 2.08 bits per heavy atom. The summed E-state index contributed by atoms with van der Waals surface area (Å²) in [5, 5.41) is 5.72. The van der Waals surface area contributed by atoms with Gasteiger partial charge in [-0.05, 0) is 47.9 Å². The zero-order chi connectivity index (χ0) is 17.2. The van der Waals surface area contributed by atoms with Crippen molar-refractivity contribution in [3.63, 3.8) is 0 Å². The van der Waals surface area contributed by atoms with Crippen LogP contribution in [0.1, 0.15) is 25.3 Å². The monoisotopic (exact) mass is 327 g/mol. The Morgan fingerprint density at radius 1 is 0.760 bits per heavy atom. The first-order valence-corrected chi connectivity index (χ1v) is 8.64. The molecule has 25 heavy (non-hydrogen) atoms. The summed E-state index contributed by atoms with van der Waals surface area (Å²) in [7, 11) is 0. The van der Waals surface area contributed by atoms with E-state index in [9.17, 15) is 0 Å². The molecule has 0 bridgehead atoms. The number of hydrogen-bond donors (Lipinski definition) is 1. The van der Waals surface area contributed by atoms with Crippen molar-refractivity contribution in [3.05, 3.63) is 84.6 Å². The first-order valence-electron chi connectivity index (χ1n) is 8.64. The number of furan rings is 1. The van der Waals surface area contributed by atoms with E-state index in [4.69, 9.17) is 4.42 Å². The van der Waals surface area contributed by atoms with Gasteiger partial charge in [0.25, 0.3) is 0 Å². The zero-order valence-electron chi connectivity index (χ0n) is 14.5. The fourth-order valence-corrected chi connectivity index (χ4v) is 3.04. The molecule has 2 nitrogen and oxygen atoms in total. The number of nitrogens with one attached hydrogen (secondary N) is 1. The van der Waals surface area contributed by atoms with E-state index >= 15 is 0 Å². The van der Waals surface area contributed by atoms with Crippen LogP contribution in [0.5, 0.6) is 0 Å². The van der Waals surface area contributed by atoms with Crippen molar-refractivity contribution < 1.29 is 4.42 Å². The van der Waals surface area contributed by atoms with Gasteiger partial charge in [0, 0.05) is 27.7 Å². The molecular weight excluding hydrogens is 306 g/mol. The molecule has 0 radical (unpaired) electrons. The van der Waals surface area contributed by atoms with Crippen LogP contribution in [0, 0.1) is 0 Å². The third-order valence-electron chi connectivity index (χ3n) is 4.52. The van der Waals surface area contributed by atoms with Crippen LogP contribution in [0.25, 0.3) is 22.1 Å². The molecule has 2 heteroatoms. The summed E-state index contributed by atoms with van der Waals surface area (Å²) in [5.41, 5.74) is 4.60. The lowest BCUT2D eigenvalue weighted by Crippen LogP contribution is -1.92. The highest BCUT2D eigenvalue weighted by Gasteiger charge is 2.08. The van der Waals surface area contributed by atoms with Crippen molar-refractivity contribution in [3.8, 4) is 11.3 Å². The third kappa shape index (κ3) is 3.16. The second-order valence-corrected chi connectivity index (χ2v) is 6.63. The maximum absolute atomic E-state index is 5.77. The van der Waals surface area contributed by atoms with Crippen LogP contribution in [0.3, 0.4) is 0 Å². The van der Waals surface area contributed by atoms with E-state index in [0.29, 0.717) is 5.92 Å². The molecule has 1 heterocycles. The Morgan fingerprint density at radius 2 is 1.40 bits per heavy atom. The Balaban J connectivity index is 1.56. The maximum atomic E-state index is 5.77. The molecule has 0 atom stereocenters. The smallest absolute Gasteiger partial charge is 0.141 e. The molecule has 0 amide bonds. The molecule has 124 valence electrons. The Bertz CT molecular complexity index is 979. The van der Waals surface area contributed by atoms with E-state index in [-0.39, 0.29) is 0 Å². The van der Waals surface area contributed by atoms with Crippen LogP contribution in [-0.2, 0) is 0 Å². The first-order chi connectivity index (χ1) is 12.2. The molecule has 0 unspecified atom stereocenters. The quantitative estimate of drug-likeness (QED) is 0.438. The van der Waals surface area contributed by atoms with Crippen molar-refractivity contribution in [2.75, 3.05) is 5.32 Å². The molecule has 0 aliphatic carbocycles. The van der Waals surface area contributed by atoms with Crippen LogP contribution in [0.4, 0.5) is 11.4 Å². The van der Waals surface area contributed by atoms with Crippen molar-refractivity contribution in [2.45, 2.75) is 19.8 Å². The van der Waals surface area contributed by atoms with Gasteiger partial charge in [-0.3, -0.25) is 0 Å². The normalized spacial score (nSPS) is 11.2. The highest BCUT2D eigenvalue weighted by Crippen LogP contribution is 2.31. The zero-order valence-corrected chi connectivity index (χ0v) is 14.5. The topological polar surface area (TPSA) is 25.2 Å². The third-order valence-corrected chi connectivity index (χ3v) is 4.52. The molecule has 0 saturated heterocycles. The number of hydrogen-bond acceptors (Lipinski definition) is 2. The van der Waals surface area contributed by atoms with Gasteiger partial charge in [-0.2, -0.15) is 0 Å². The molecule has 0 fully saturated rings. The average Bonchev–Trinajstić information content (AvgIpc) is 3.07. The Hall–Kier alpha value is -3.00. The summed E-state index contributed by atoms with van der Waals surface area (Å²) >= 11 is 0. The van der Waals surface area contributed by atoms with Crippen molar-refractivity contribution in [1.29, 1.82) is 0 Å². The summed E-state index contributed by atoms with van der Waals surface area (Å²) in [6.45, 7) is 4.42. The van der Waals surface area contributed by atoms with Crippen LogP contribution in [0.2, 0.25) is 0 Å². The predicted molar refractivity (Wildman–Crippen MR) is 105 cm³/mol. The average molecular weight is 327 g/mol.